The molecule has 3 heterocycles. The van der Waals surface area contributed by atoms with Crippen LogP contribution in [0.3, 0.4) is 0 Å². The average Bonchev–Trinajstić information content (AvgIpc) is 3.02. The van der Waals surface area contributed by atoms with Crippen LogP contribution < -0.4 is 10.2 Å². The Hall–Kier alpha value is -1.14. The predicted molar refractivity (Wildman–Crippen MR) is 85.0 cm³/mol. The maximum atomic E-state index is 6.05. The van der Waals surface area contributed by atoms with Crippen molar-refractivity contribution >= 4 is 23.5 Å². The molecule has 0 spiro atoms. The SMILES string of the molecule is CCN1CCC(Nc2nc(Cl)nc(N3CCCC3)n2)CC1. The van der Waals surface area contributed by atoms with Gasteiger partial charge in [-0.3, -0.25) is 0 Å². The van der Waals surface area contributed by atoms with E-state index in [1.165, 1.54) is 12.8 Å². The molecular formula is C14H23ClN6. The first kappa shape index (κ1) is 14.8. The van der Waals surface area contributed by atoms with E-state index in [1.807, 2.05) is 0 Å². The fourth-order valence-corrected chi connectivity index (χ4v) is 3.19. The van der Waals surface area contributed by atoms with Crippen molar-refractivity contribution in [2.24, 2.45) is 0 Å². The molecule has 2 aliphatic rings. The molecule has 6 nitrogen and oxygen atoms in total. The fraction of sp³-hybridized carbons (Fsp3) is 0.786. The van der Waals surface area contributed by atoms with Gasteiger partial charge in [-0.2, -0.15) is 15.0 Å². The van der Waals surface area contributed by atoms with Crippen LogP contribution in [0.15, 0.2) is 0 Å². The second kappa shape index (κ2) is 6.75. The van der Waals surface area contributed by atoms with Crippen molar-refractivity contribution in [2.75, 3.05) is 42.9 Å². The molecule has 0 saturated carbocycles. The van der Waals surface area contributed by atoms with Crippen LogP contribution >= 0.6 is 11.6 Å². The molecule has 0 amide bonds. The molecule has 0 unspecified atom stereocenters. The molecule has 3 rings (SSSR count). The molecule has 1 aromatic heterocycles. The number of hydrogen-bond donors (Lipinski definition) is 1. The summed E-state index contributed by atoms with van der Waals surface area (Å²) in [5.41, 5.74) is 0. The highest BCUT2D eigenvalue weighted by Crippen LogP contribution is 2.20. The standard InChI is InChI=1S/C14H23ClN6/c1-2-20-9-5-11(6-10-20)16-13-17-12(15)18-14(19-13)21-7-3-4-8-21/h11H,2-10H2,1H3,(H,16,17,18,19). The van der Waals surface area contributed by atoms with E-state index in [0.717, 1.165) is 45.6 Å². The lowest BCUT2D eigenvalue weighted by Crippen LogP contribution is -2.39. The topological polar surface area (TPSA) is 57.2 Å². The van der Waals surface area contributed by atoms with Crippen molar-refractivity contribution < 1.29 is 0 Å². The third-order valence-corrected chi connectivity index (χ3v) is 4.52. The number of aromatic nitrogens is 3. The molecule has 0 aliphatic carbocycles. The highest BCUT2D eigenvalue weighted by molar-refractivity contribution is 6.28. The molecule has 7 heteroatoms. The first-order chi connectivity index (χ1) is 10.2. The molecule has 116 valence electrons. The molecule has 1 N–H and O–H groups in total. The smallest absolute Gasteiger partial charge is 0.231 e. The molecule has 0 atom stereocenters. The van der Waals surface area contributed by atoms with Gasteiger partial charge in [0, 0.05) is 32.2 Å². The van der Waals surface area contributed by atoms with Crippen molar-refractivity contribution in [3.8, 4) is 0 Å². The number of rotatable bonds is 4. The lowest BCUT2D eigenvalue weighted by atomic mass is 10.1. The summed E-state index contributed by atoms with van der Waals surface area (Å²) in [6.07, 6.45) is 4.63. The van der Waals surface area contributed by atoms with E-state index >= 15 is 0 Å². The van der Waals surface area contributed by atoms with Gasteiger partial charge >= 0.3 is 0 Å². The molecule has 0 radical (unpaired) electrons. The maximum absolute atomic E-state index is 6.05. The number of likely N-dealkylation sites (tertiary alicyclic amines) is 1. The van der Waals surface area contributed by atoms with Gasteiger partial charge in [-0.25, -0.2) is 0 Å². The number of anilines is 2. The van der Waals surface area contributed by atoms with E-state index in [1.54, 1.807) is 0 Å². The highest BCUT2D eigenvalue weighted by atomic mass is 35.5. The van der Waals surface area contributed by atoms with Gasteiger partial charge in [-0.15, -0.1) is 0 Å². The summed E-state index contributed by atoms with van der Waals surface area (Å²) in [6, 6.07) is 0.428. The Morgan fingerprint density at radius 2 is 1.81 bits per heavy atom. The zero-order chi connectivity index (χ0) is 14.7. The Morgan fingerprint density at radius 3 is 2.48 bits per heavy atom. The zero-order valence-corrected chi connectivity index (χ0v) is 13.3. The van der Waals surface area contributed by atoms with Crippen molar-refractivity contribution in [3.05, 3.63) is 5.28 Å². The summed E-state index contributed by atoms with van der Waals surface area (Å²) in [6.45, 7) is 7.62. The van der Waals surface area contributed by atoms with Crippen LogP contribution in [0.2, 0.25) is 5.28 Å². The summed E-state index contributed by atoms with van der Waals surface area (Å²) in [4.78, 5) is 17.7. The first-order valence-corrected chi connectivity index (χ1v) is 8.28. The molecule has 2 fully saturated rings. The quantitative estimate of drug-likeness (QED) is 0.918. The van der Waals surface area contributed by atoms with E-state index in [-0.39, 0.29) is 5.28 Å². The lowest BCUT2D eigenvalue weighted by Gasteiger charge is -2.31. The van der Waals surface area contributed by atoms with Crippen LogP contribution in [0, 0.1) is 0 Å². The van der Waals surface area contributed by atoms with Crippen molar-refractivity contribution in [3.63, 3.8) is 0 Å². The van der Waals surface area contributed by atoms with Gasteiger partial charge in [-0.1, -0.05) is 6.92 Å². The number of nitrogens with zero attached hydrogens (tertiary/aromatic N) is 5. The molecule has 1 aromatic rings. The van der Waals surface area contributed by atoms with Crippen LogP contribution in [0.4, 0.5) is 11.9 Å². The van der Waals surface area contributed by atoms with E-state index in [0.29, 0.717) is 17.9 Å². The first-order valence-electron chi connectivity index (χ1n) is 7.90. The minimum atomic E-state index is 0.278. The monoisotopic (exact) mass is 310 g/mol. The van der Waals surface area contributed by atoms with E-state index < -0.39 is 0 Å². The van der Waals surface area contributed by atoms with Crippen molar-refractivity contribution in [2.45, 2.75) is 38.6 Å². The number of piperidine rings is 1. The van der Waals surface area contributed by atoms with Crippen molar-refractivity contribution in [1.29, 1.82) is 0 Å². The van der Waals surface area contributed by atoms with Gasteiger partial charge in [-0.05, 0) is 43.8 Å². The third kappa shape index (κ3) is 3.74. The van der Waals surface area contributed by atoms with Gasteiger partial charge in [0.15, 0.2) is 0 Å². The molecule has 0 aromatic carbocycles. The molecule has 0 bridgehead atoms. The van der Waals surface area contributed by atoms with Gasteiger partial charge < -0.3 is 15.1 Å². The van der Waals surface area contributed by atoms with Crippen LogP contribution in [-0.2, 0) is 0 Å². The highest BCUT2D eigenvalue weighted by Gasteiger charge is 2.21. The normalized spacial score (nSPS) is 21.0. The van der Waals surface area contributed by atoms with E-state index in [2.05, 4.69) is 37.0 Å². The summed E-state index contributed by atoms with van der Waals surface area (Å²) in [5, 5.41) is 3.71. The van der Waals surface area contributed by atoms with Gasteiger partial charge in [0.1, 0.15) is 0 Å². The Balaban J connectivity index is 1.65. The second-order valence-electron chi connectivity index (χ2n) is 5.78. The molecular weight excluding hydrogens is 288 g/mol. The predicted octanol–water partition coefficient (Wildman–Crippen LogP) is 2.02. The van der Waals surface area contributed by atoms with Crippen LogP contribution in [0.1, 0.15) is 32.6 Å². The zero-order valence-electron chi connectivity index (χ0n) is 12.6. The summed E-state index contributed by atoms with van der Waals surface area (Å²) in [5.74, 6) is 1.33. The Labute approximate surface area is 130 Å². The van der Waals surface area contributed by atoms with E-state index in [4.69, 9.17) is 11.6 Å². The minimum Gasteiger partial charge on any atom is -0.351 e. The maximum Gasteiger partial charge on any atom is 0.231 e. The Kier molecular flexibility index (Phi) is 4.75. The number of hydrogen-bond acceptors (Lipinski definition) is 6. The van der Waals surface area contributed by atoms with Gasteiger partial charge in [0.05, 0.1) is 0 Å². The minimum absolute atomic E-state index is 0.278. The molecule has 21 heavy (non-hydrogen) atoms. The van der Waals surface area contributed by atoms with E-state index in [9.17, 15) is 0 Å². The fourth-order valence-electron chi connectivity index (χ4n) is 3.04. The largest absolute Gasteiger partial charge is 0.351 e. The number of halogens is 1. The summed E-state index contributed by atoms with van der Waals surface area (Å²) in [7, 11) is 0. The number of nitrogens with one attached hydrogen (secondary N) is 1. The molecule has 2 saturated heterocycles. The van der Waals surface area contributed by atoms with Gasteiger partial charge in [0.2, 0.25) is 17.2 Å². The third-order valence-electron chi connectivity index (χ3n) is 4.35. The second-order valence-corrected chi connectivity index (χ2v) is 6.11. The van der Waals surface area contributed by atoms with Crippen molar-refractivity contribution in [1.82, 2.24) is 19.9 Å². The molecule has 2 aliphatic heterocycles. The van der Waals surface area contributed by atoms with Crippen LogP contribution in [0.5, 0.6) is 0 Å². The Bertz CT molecular complexity index is 469. The van der Waals surface area contributed by atoms with Crippen LogP contribution in [-0.4, -0.2) is 58.6 Å². The summed E-state index contributed by atoms with van der Waals surface area (Å²) >= 11 is 6.05. The average molecular weight is 311 g/mol. The Morgan fingerprint density at radius 1 is 1.10 bits per heavy atom. The lowest BCUT2D eigenvalue weighted by molar-refractivity contribution is 0.229. The summed E-state index contributed by atoms with van der Waals surface area (Å²) < 4.78 is 0. The van der Waals surface area contributed by atoms with Crippen LogP contribution in [0.25, 0.3) is 0 Å². The van der Waals surface area contributed by atoms with Gasteiger partial charge in [0.25, 0.3) is 0 Å².